The van der Waals surface area contributed by atoms with Crippen molar-refractivity contribution < 1.29 is 0 Å². The molecule has 0 saturated carbocycles. The van der Waals surface area contributed by atoms with Crippen LogP contribution in [0.15, 0.2) is 109 Å². The van der Waals surface area contributed by atoms with E-state index >= 15 is 0 Å². The first-order valence-electron chi connectivity index (χ1n) is 10.1. The van der Waals surface area contributed by atoms with Gasteiger partial charge >= 0.3 is 0 Å². The second kappa shape index (κ2) is 6.78. The van der Waals surface area contributed by atoms with Crippen LogP contribution in [0.3, 0.4) is 0 Å². The van der Waals surface area contributed by atoms with Crippen molar-refractivity contribution in [1.29, 1.82) is 0 Å². The van der Waals surface area contributed by atoms with Crippen molar-refractivity contribution in [2.24, 2.45) is 0 Å². The minimum Gasteiger partial charge on any atom is -0.247 e. The van der Waals surface area contributed by atoms with E-state index < -0.39 is 0 Å². The lowest BCUT2D eigenvalue weighted by atomic mass is 10.0. The highest BCUT2D eigenvalue weighted by atomic mass is 14.7. The number of nitrogens with zero attached hydrogens (tertiary/aromatic N) is 2. The molecule has 2 heterocycles. The van der Waals surface area contributed by atoms with Crippen LogP contribution in [0, 0.1) is 0 Å². The Morgan fingerprint density at radius 3 is 1.23 bits per heavy atom. The van der Waals surface area contributed by atoms with Gasteiger partial charge in [0, 0.05) is 27.3 Å². The topological polar surface area (TPSA) is 25.8 Å². The van der Waals surface area contributed by atoms with Gasteiger partial charge in [0.25, 0.3) is 0 Å². The Hall–Kier alpha value is -4.04. The lowest BCUT2D eigenvalue weighted by molar-refractivity contribution is 1.39. The van der Waals surface area contributed by atoms with E-state index in [2.05, 4.69) is 72.8 Å². The standard InChI is InChI=1S/C28H18N2/c1-3-7-19(8-4-1)24-17-15-22-13-11-21-12-14-23-16-18-25(20-9-5-2-6-10-20)30-28(23)26(21)27(22)29-24/h1-18H. The third kappa shape index (κ3) is 2.73. The molecule has 0 saturated heterocycles. The van der Waals surface area contributed by atoms with Crippen molar-refractivity contribution in [1.82, 2.24) is 9.97 Å². The third-order valence-electron chi connectivity index (χ3n) is 5.64. The van der Waals surface area contributed by atoms with Crippen molar-refractivity contribution in [3.05, 3.63) is 109 Å². The minimum atomic E-state index is 0.979. The second-order valence-corrected chi connectivity index (χ2v) is 7.50. The molecular formula is C28H18N2. The maximum absolute atomic E-state index is 5.09. The second-order valence-electron chi connectivity index (χ2n) is 7.50. The smallest absolute Gasteiger partial charge is 0.0809 e. The van der Waals surface area contributed by atoms with E-state index in [1.807, 2.05) is 36.4 Å². The molecule has 0 aliphatic carbocycles. The van der Waals surface area contributed by atoms with Gasteiger partial charge < -0.3 is 0 Å². The summed E-state index contributed by atoms with van der Waals surface area (Å²) < 4.78 is 0. The van der Waals surface area contributed by atoms with Gasteiger partial charge in [-0.2, -0.15) is 0 Å². The maximum Gasteiger partial charge on any atom is 0.0809 e. The van der Waals surface area contributed by atoms with Crippen molar-refractivity contribution >= 4 is 32.6 Å². The molecule has 0 atom stereocenters. The monoisotopic (exact) mass is 382 g/mol. The molecule has 2 heteroatoms. The lowest BCUT2D eigenvalue weighted by Gasteiger charge is -2.10. The Morgan fingerprint density at radius 1 is 0.367 bits per heavy atom. The van der Waals surface area contributed by atoms with E-state index in [0.29, 0.717) is 0 Å². The van der Waals surface area contributed by atoms with Crippen LogP contribution in [-0.2, 0) is 0 Å². The van der Waals surface area contributed by atoms with Crippen LogP contribution < -0.4 is 0 Å². The van der Waals surface area contributed by atoms with Gasteiger partial charge in [0.15, 0.2) is 0 Å². The fraction of sp³-hybridized carbons (Fsp3) is 0. The Morgan fingerprint density at radius 2 is 0.767 bits per heavy atom. The van der Waals surface area contributed by atoms with Crippen LogP contribution in [0.5, 0.6) is 0 Å². The molecule has 0 amide bonds. The summed E-state index contributed by atoms with van der Waals surface area (Å²) in [6.07, 6.45) is 0. The van der Waals surface area contributed by atoms with Crippen LogP contribution in [0.25, 0.3) is 55.1 Å². The van der Waals surface area contributed by atoms with E-state index in [4.69, 9.17) is 9.97 Å². The molecule has 6 aromatic rings. The summed E-state index contributed by atoms with van der Waals surface area (Å²) >= 11 is 0. The molecule has 0 unspecified atom stereocenters. The maximum atomic E-state index is 5.09. The molecular weight excluding hydrogens is 364 g/mol. The van der Waals surface area contributed by atoms with Crippen LogP contribution in [0.1, 0.15) is 0 Å². The van der Waals surface area contributed by atoms with E-state index in [0.717, 1.165) is 55.1 Å². The Bertz CT molecular complexity index is 1410. The summed E-state index contributed by atoms with van der Waals surface area (Å²) in [5, 5.41) is 4.52. The predicted molar refractivity (Wildman–Crippen MR) is 125 cm³/mol. The SMILES string of the molecule is c1ccc(-c2ccc3ccc4ccc5ccc(-c6ccccc6)nc5c4c3n2)cc1. The van der Waals surface area contributed by atoms with E-state index in [9.17, 15) is 0 Å². The summed E-state index contributed by atoms with van der Waals surface area (Å²) in [6, 6.07) is 37.8. The molecule has 4 aromatic carbocycles. The molecule has 140 valence electrons. The highest BCUT2D eigenvalue weighted by Gasteiger charge is 2.11. The van der Waals surface area contributed by atoms with Gasteiger partial charge in [-0.15, -0.1) is 0 Å². The number of hydrogen-bond acceptors (Lipinski definition) is 2. The average Bonchev–Trinajstić information content (AvgIpc) is 2.84. The first-order valence-corrected chi connectivity index (χ1v) is 10.1. The Balaban J connectivity index is 1.69. The highest BCUT2D eigenvalue weighted by Crippen LogP contribution is 2.33. The minimum absolute atomic E-state index is 0.979. The number of pyridine rings is 2. The van der Waals surface area contributed by atoms with Crippen LogP contribution in [-0.4, -0.2) is 9.97 Å². The number of benzene rings is 4. The molecule has 0 spiro atoms. The van der Waals surface area contributed by atoms with Gasteiger partial charge in [-0.3, -0.25) is 0 Å². The van der Waals surface area contributed by atoms with Crippen molar-refractivity contribution in [3.8, 4) is 22.5 Å². The van der Waals surface area contributed by atoms with Gasteiger partial charge in [0.2, 0.25) is 0 Å². The zero-order chi connectivity index (χ0) is 19.9. The lowest BCUT2D eigenvalue weighted by Crippen LogP contribution is -1.91. The van der Waals surface area contributed by atoms with E-state index in [-0.39, 0.29) is 0 Å². The molecule has 2 aromatic heterocycles. The highest BCUT2D eigenvalue weighted by molar-refractivity contribution is 6.17. The fourth-order valence-electron chi connectivity index (χ4n) is 4.12. The van der Waals surface area contributed by atoms with Gasteiger partial charge in [0.1, 0.15) is 0 Å². The molecule has 0 N–H and O–H groups in total. The Labute approximate surface area is 174 Å². The van der Waals surface area contributed by atoms with Gasteiger partial charge in [0.05, 0.1) is 22.4 Å². The van der Waals surface area contributed by atoms with Crippen LogP contribution in [0.4, 0.5) is 0 Å². The van der Waals surface area contributed by atoms with Gasteiger partial charge in [-0.05, 0) is 17.5 Å². The summed E-state index contributed by atoms with van der Waals surface area (Å²) in [6.45, 7) is 0. The molecule has 0 aliphatic heterocycles. The normalized spacial score (nSPS) is 11.3. The van der Waals surface area contributed by atoms with Crippen molar-refractivity contribution in [2.45, 2.75) is 0 Å². The van der Waals surface area contributed by atoms with Gasteiger partial charge in [-0.1, -0.05) is 97.1 Å². The van der Waals surface area contributed by atoms with Crippen molar-refractivity contribution in [3.63, 3.8) is 0 Å². The number of fused-ring (bicyclic) bond motifs is 5. The predicted octanol–water partition coefficient (Wildman–Crippen LogP) is 7.27. The van der Waals surface area contributed by atoms with E-state index in [1.165, 1.54) is 0 Å². The Kier molecular flexibility index (Phi) is 3.82. The van der Waals surface area contributed by atoms with Crippen molar-refractivity contribution in [2.75, 3.05) is 0 Å². The molecule has 0 fully saturated rings. The molecule has 30 heavy (non-hydrogen) atoms. The van der Waals surface area contributed by atoms with Gasteiger partial charge in [-0.25, -0.2) is 9.97 Å². The number of aromatic nitrogens is 2. The summed E-state index contributed by atoms with van der Waals surface area (Å²) in [5.41, 5.74) is 6.19. The molecule has 6 rings (SSSR count). The summed E-state index contributed by atoms with van der Waals surface area (Å²) in [5.74, 6) is 0. The van der Waals surface area contributed by atoms with Crippen LogP contribution >= 0.6 is 0 Å². The first-order chi connectivity index (χ1) is 14.9. The molecule has 0 bridgehead atoms. The number of hydrogen-bond donors (Lipinski definition) is 0. The van der Waals surface area contributed by atoms with E-state index in [1.54, 1.807) is 0 Å². The number of rotatable bonds is 2. The molecule has 0 aliphatic rings. The summed E-state index contributed by atoms with van der Waals surface area (Å²) in [7, 11) is 0. The zero-order valence-electron chi connectivity index (χ0n) is 16.3. The first kappa shape index (κ1) is 16.9. The quantitative estimate of drug-likeness (QED) is 0.294. The van der Waals surface area contributed by atoms with Crippen LogP contribution in [0.2, 0.25) is 0 Å². The molecule has 0 radical (unpaired) electrons. The third-order valence-corrected chi connectivity index (χ3v) is 5.64. The summed E-state index contributed by atoms with van der Waals surface area (Å²) in [4.78, 5) is 10.2. The molecule has 2 nitrogen and oxygen atoms in total. The fourth-order valence-corrected chi connectivity index (χ4v) is 4.12. The average molecular weight is 382 g/mol. The zero-order valence-corrected chi connectivity index (χ0v) is 16.3. The largest absolute Gasteiger partial charge is 0.247 e.